The van der Waals surface area contributed by atoms with Gasteiger partial charge < -0.3 is 0 Å². The van der Waals surface area contributed by atoms with E-state index in [0.29, 0.717) is 0 Å². The van der Waals surface area contributed by atoms with E-state index in [-0.39, 0.29) is 10.8 Å². The first-order valence-corrected chi connectivity index (χ1v) is 10.2. The van der Waals surface area contributed by atoms with Crippen LogP contribution in [0.4, 0.5) is 0 Å². The molecule has 0 unspecified atom stereocenters. The molecule has 0 spiro atoms. The Morgan fingerprint density at radius 1 is 0.500 bits per heavy atom. The summed E-state index contributed by atoms with van der Waals surface area (Å²) in [5.74, 6) is 0. The summed E-state index contributed by atoms with van der Waals surface area (Å²) in [5.41, 5.74) is 12.7. The van der Waals surface area contributed by atoms with Crippen molar-refractivity contribution in [1.82, 2.24) is 0 Å². The molecule has 0 N–H and O–H groups in total. The largest absolute Gasteiger partial charge is 0.0561 e. The van der Waals surface area contributed by atoms with Crippen LogP contribution in [0.5, 0.6) is 0 Å². The third-order valence-electron chi connectivity index (χ3n) is 6.31. The molecule has 2 aromatic carbocycles. The number of fused-ring (bicyclic) bond motifs is 4. The second-order valence-corrected chi connectivity index (χ2v) is 10.3. The van der Waals surface area contributed by atoms with E-state index in [4.69, 9.17) is 0 Å². The van der Waals surface area contributed by atoms with Crippen LogP contribution in [-0.2, 0) is 36.5 Å². The first kappa shape index (κ1) is 19.2. The lowest BCUT2D eigenvalue weighted by atomic mass is 9.79. The van der Waals surface area contributed by atoms with E-state index in [9.17, 15) is 0 Å². The van der Waals surface area contributed by atoms with Crippen molar-refractivity contribution in [3.63, 3.8) is 0 Å². The molecule has 26 heavy (non-hydrogen) atoms. The normalized spacial score (nSPS) is 15.1. The molecule has 0 atom stereocenters. The van der Waals surface area contributed by atoms with Gasteiger partial charge >= 0.3 is 0 Å². The van der Waals surface area contributed by atoms with Gasteiger partial charge in [0.05, 0.1) is 0 Å². The molecule has 0 aliphatic heterocycles. The van der Waals surface area contributed by atoms with Crippen LogP contribution < -0.4 is 0 Å². The lowest BCUT2D eigenvalue weighted by molar-refractivity contribution is 0.585. The van der Waals surface area contributed by atoms with Crippen LogP contribution in [-0.4, -0.2) is 0 Å². The van der Waals surface area contributed by atoms with Crippen molar-refractivity contribution < 1.29 is 0 Å². The highest BCUT2D eigenvalue weighted by Gasteiger charge is 2.21. The summed E-state index contributed by atoms with van der Waals surface area (Å²) >= 11 is 0. The zero-order valence-corrected chi connectivity index (χ0v) is 18.1. The topological polar surface area (TPSA) is 0 Å². The molecule has 0 aromatic heterocycles. The van der Waals surface area contributed by atoms with Crippen LogP contribution >= 0.6 is 0 Å². The fourth-order valence-electron chi connectivity index (χ4n) is 4.12. The van der Waals surface area contributed by atoms with E-state index >= 15 is 0 Å². The van der Waals surface area contributed by atoms with Crippen LogP contribution in [0.3, 0.4) is 0 Å². The quantitative estimate of drug-likeness (QED) is 0.492. The lowest BCUT2D eigenvalue weighted by Crippen LogP contribution is -2.16. The first-order valence-electron chi connectivity index (χ1n) is 10.2. The SMILES string of the molecule is Cc1c2cc(C(C)(C)C)cc1CCc1cc(C(C)(C)C)cc(c1C)CC2. The smallest absolute Gasteiger partial charge is 0.0132 e. The van der Waals surface area contributed by atoms with E-state index in [0.717, 1.165) is 25.7 Å². The van der Waals surface area contributed by atoms with Crippen LogP contribution in [0.15, 0.2) is 24.3 Å². The van der Waals surface area contributed by atoms with Crippen LogP contribution in [0.1, 0.15) is 86.1 Å². The number of hydrogen-bond acceptors (Lipinski definition) is 0. The van der Waals surface area contributed by atoms with Gasteiger partial charge in [0.25, 0.3) is 0 Å². The maximum absolute atomic E-state index is 2.48. The maximum atomic E-state index is 2.48. The number of rotatable bonds is 0. The summed E-state index contributed by atoms with van der Waals surface area (Å²) in [6, 6.07) is 9.91. The molecule has 0 saturated carbocycles. The molecular formula is C26H36. The zero-order chi connectivity index (χ0) is 19.3. The Balaban J connectivity index is 2.10. The molecule has 3 rings (SSSR count). The van der Waals surface area contributed by atoms with E-state index in [1.807, 2.05) is 0 Å². The van der Waals surface area contributed by atoms with Gasteiger partial charge in [-0.3, -0.25) is 0 Å². The predicted octanol–water partition coefficient (Wildman–Crippen LogP) is 6.78. The van der Waals surface area contributed by atoms with Crippen molar-refractivity contribution in [3.05, 3.63) is 68.8 Å². The van der Waals surface area contributed by atoms with Crippen molar-refractivity contribution in [2.45, 2.75) is 91.9 Å². The molecule has 1 aliphatic rings. The minimum absolute atomic E-state index is 0.213. The zero-order valence-electron chi connectivity index (χ0n) is 18.1. The minimum Gasteiger partial charge on any atom is -0.0561 e. The fourth-order valence-corrected chi connectivity index (χ4v) is 4.12. The Morgan fingerprint density at radius 2 is 0.731 bits per heavy atom. The summed E-state index contributed by atoms with van der Waals surface area (Å²) < 4.78 is 0. The summed E-state index contributed by atoms with van der Waals surface area (Å²) in [7, 11) is 0. The van der Waals surface area contributed by atoms with Crippen molar-refractivity contribution in [3.8, 4) is 0 Å². The van der Waals surface area contributed by atoms with Gasteiger partial charge in [-0.15, -0.1) is 0 Å². The monoisotopic (exact) mass is 348 g/mol. The van der Waals surface area contributed by atoms with Crippen molar-refractivity contribution in [2.24, 2.45) is 0 Å². The van der Waals surface area contributed by atoms with E-state index in [2.05, 4.69) is 79.7 Å². The Bertz CT molecular complexity index is 701. The van der Waals surface area contributed by atoms with Gasteiger partial charge in [-0.05, 0) is 94.9 Å². The molecule has 1 aliphatic carbocycles. The van der Waals surface area contributed by atoms with Gasteiger partial charge in [0, 0.05) is 0 Å². The van der Waals surface area contributed by atoms with Crippen molar-refractivity contribution in [2.75, 3.05) is 0 Å². The maximum Gasteiger partial charge on any atom is -0.0132 e. The Kier molecular flexibility index (Phi) is 4.84. The van der Waals surface area contributed by atoms with Crippen LogP contribution in [0.2, 0.25) is 0 Å². The summed E-state index contributed by atoms with van der Waals surface area (Å²) in [6.07, 6.45) is 4.60. The highest BCUT2D eigenvalue weighted by atomic mass is 14.3. The number of aryl methyl sites for hydroxylation is 4. The molecule has 0 nitrogen and oxygen atoms in total. The highest BCUT2D eigenvalue weighted by Crippen LogP contribution is 2.33. The van der Waals surface area contributed by atoms with Gasteiger partial charge in [0.15, 0.2) is 0 Å². The Labute approximate surface area is 161 Å². The van der Waals surface area contributed by atoms with E-state index < -0.39 is 0 Å². The average Bonchev–Trinajstić information content (AvgIpc) is 2.51. The first-order chi connectivity index (χ1) is 12.0. The second-order valence-electron chi connectivity index (χ2n) is 10.3. The third kappa shape index (κ3) is 3.75. The van der Waals surface area contributed by atoms with Crippen molar-refractivity contribution in [1.29, 1.82) is 0 Å². The average molecular weight is 349 g/mol. The molecule has 0 saturated heterocycles. The number of hydrogen-bond donors (Lipinski definition) is 0. The molecule has 140 valence electrons. The number of benzene rings is 2. The van der Waals surface area contributed by atoms with Crippen molar-refractivity contribution >= 4 is 0 Å². The summed E-state index contributed by atoms with van der Waals surface area (Å²) in [6.45, 7) is 18.7. The molecule has 2 aromatic rings. The van der Waals surface area contributed by atoms with Gasteiger partial charge in [-0.1, -0.05) is 65.8 Å². The second kappa shape index (κ2) is 6.55. The molecule has 0 amide bonds. The van der Waals surface area contributed by atoms with Gasteiger partial charge in [0.2, 0.25) is 0 Å². The summed E-state index contributed by atoms with van der Waals surface area (Å²) in [5, 5.41) is 0. The molecular weight excluding hydrogens is 312 g/mol. The molecule has 0 fully saturated rings. The molecule has 4 bridgehead atoms. The van der Waals surface area contributed by atoms with Crippen LogP contribution in [0, 0.1) is 13.8 Å². The van der Waals surface area contributed by atoms with E-state index in [1.54, 1.807) is 22.3 Å². The van der Waals surface area contributed by atoms with Gasteiger partial charge in [-0.25, -0.2) is 0 Å². The lowest BCUT2D eigenvalue weighted by Gasteiger charge is -2.26. The van der Waals surface area contributed by atoms with E-state index in [1.165, 1.54) is 22.3 Å². The van der Waals surface area contributed by atoms with Gasteiger partial charge in [0.1, 0.15) is 0 Å². The Morgan fingerprint density at radius 3 is 0.923 bits per heavy atom. The summed E-state index contributed by atoms with van der Waals surface area (Å²) in [4.78, 5) is 0. The predicted molar refractivity (Wildman–Crippen MR) is 115 cm³/mol. The molecule has 0 radical (unpaired) electrons. The van der Waals surface area contributed by atoms with Crippen LogP contribution in [0.25, 0.3) is 0 Å². The standard InChI is InChI=1S/C26H36/c1-17-19-9-11-21-15-24(26(6,7)8)16-22(18(21)2)12-10-20(17)14-23(13-19)25(3,4)5/h13-16H,9-12H2,1-8H3. The minimum atomic E-state index is 0.213. The van der Waals surface area contributed by atoms with Gasteiger partial charge in [-0.2, -0.15) is 0 Å². The fraction of sp³-hybridized carbons (Fsp3) is 0.538. The molecule has 0 heteroatoms. The Hall–Kier alpha value is -1.56. The molecule has 0 heterocycles. The third-order valence-corrected chi connectivity index (χ3v) is 6.31. The highest BCUT2D eigenvalue weighted by molar-refractivity contribution is 5.46.